The number of carbonyl (C=O) groups is 2. The van der Waals surface area contributed by atoms with Crippen molar-refractivity contribution in [2.24, 2.45) is 0 Å². The number of nitrogens with one attached hydrogen (secondary N) is 2. The van der Waals surface area contributed by atoms with Crippen molar-refractivity contribution in [1.29, 1.82) is 0 Å². The summed E-state index contributed by atoms with van der Waals surface area (Å²) in [4.78, 5) is 28.0. The van der Waals surface area contributed by atoms with Crippen LogP contribution in [-0.2, 0) is 11.3 Å². The van der Waals surface area contributed by atoms with E-state index in [0.717, 1.165) is 12.1 Å². The first-order valence-electron chi connectivity index (χ1n) is 9.61. The van der Waals surface area contributed by atoms with Crippen molar-refractivity contribution < 1.29 is 33.0 Å². The molecule has 3 N–H and O–H groups in total. The minimum atomic E-state index is -1.22. The van der Waals surface area contributed by atoms with Crippen LogP contribution in [0.1, 0.15) is 21.7 Å². The fraction of sp³-hybridized carbons (Fsp3) is 0.286. The number of nitrogens with zero attached hydrogens (tertiary/aromatic N) is 2. The lowest BCUT2D eigenvalue weighted by atomic mass is 10.2. The number of carboxylic acid groups (broad SMARTS) is 1. The number of methoxy groups -OCH3 is 1. The molecule has 0 aliphatic carbocycles. The minimum absolute atomic E-state index is 0.0484. The van der Waals surface area contributed by atoms with E-state index in [1.165, 1.54) is 17.6 Å². The molecule has 0 aliphatic heterocycles. The molecule has 2 aromatic heterocycles. The summed E-state index contributed by atoms with van der Waals surface area (Å²) in [5.41, 5.74) is 0.667. The molecule has 0 spiro atoms. The number of hydrogen-bond donors (Lipinski definition) is 3. The average Bonchev–Trinajstić information content (AvgIpc) is 3.08. The number of carbonyl (C=O) groups excluding carboxylic acids is 1. The number of ether oxygens (including phenoxy) is 2. The fourth-order valence-corrected chi connectivity index (χ4v) is 3.18. The van der Waals surface area contributed by atoms with Crippen LogP contribution in [0.2, 0.25) is 0 Å². The molecule has 2 amide bonds. The van der Waals surface area contributed by atoms with Gasteiger partial charge in [0.15, 0.2) is 11.4 Å². The van der Waals surface area contributed by atoms with Crippen LogP contribution < -0.4 is 15.4 Å². The van der Waals surface area contributed by atoms with Crippen LogP contribution in [0.25, 0.3) is 5.65 Å². The number of halogens is 2. The molecule has 0 bridgehead atoms. The Morgan fingerprint density at radius 3 is 2.59 bits per heavy atom. The smallest absolute Gasteiger partial charge is 0.404 e. The van der Waals surface area contributed by atoms with Crippen LogP contribution in [0.3, 0.4) is 0 Å². The predicted molar refractivity (Wildman–Crippen MR) is 110 cm³/mol. The predicted octanol–water partition coefficient (Wildman–Crippen LogP) is 2.51. The van der Waals surface area contributed by atoms with E-state index in [4.69, 9.17) is 14.6 Å². The molecule has 1 aromatic carbocycles. The maximum absolute atomic E-state index is 13.9. The highest BCUT2D eigenvalue weighted by Crippen LogP contribution is 2.24. The Morgan fingerprint density at radius 1 is 1.22 bits per heavy atom. The van der Waals surface area contributed by atoms with E-state index >= 15 is 0 Å². The summed E-state index contributed by atoms with van der Waals surface area (Å²) in [7, 11) is 1.43. The van der Waals surface area contributed by atoms with Gasteiger partial charge in [-0.2, -0.15) is 0 Å². The molecule has 9 nitrogen and oxygen atoms in total. The number of aryl methyl sites for hydroxylation is 1. The van der Waals surface area contributed by atoms with Crippen molar-refractivity contribution >= 4 is 17.6 Å². The Labute approximate surface area is 182 Å². The summed E-state index contributed by atoms with van der Waals surface area (Å²) in [6, 6.07) is 6.11. The van der Waals surface area contributed by atoms with Crippen molar-refractivity contribution in [3.63, 3.8) is 0 Å². The lowest BCUT2D eigenvalue weighted by molar-refractivity contribution is 0.0887. The lowest BCUT2D eigenvalue weighted by Gasteiger charge is -2.18. The van der Waals surface area contributed by atoms with Crippen molar-refractivity contribution in [2.75, 3.05) is 20.3 Å². The van der Waals surface area contributed by atoms with Gasteiger partial charge in [0.25, 0.3) is 5.91 Å². The first-order chi connectivity index (χ1) is 15.3. The maximum atomic E-state index is 13.9. The van der Waals surface area contributed by atoms with Gasteiger partial charge in [-0.15, -0.1) is 0 Å². The highest BCUT2D eigenvalue weighted by atomic mass is 19.1. The second-order valence-electron chi connectivity index (χ2n) is 6.91. The largest absolute Gasteiger partial charge is 0.485 e. The third-order valence-corrected chi connectivity index (χ3v) is 4.64. The fourth-order valence-electron chi connectivity index (χ4n) is 3.18. The van der Waals surface area contributed by atoms with Gasteiger partial charge in [-0.3, -0.25) is 9.20 Å². The SMILES string of the molecule is COCC(CNC(=O)O)NC(=O)c1c(C)nc2c(OCc3c(F)cccc3F)cccn12. The van der Waals surface area contributed by atoms with Crippen molar-refractivity contribution in [2.45, 2.75) is 19.6 Å². The van der Waals surface area contributed by atoms with Gasteiger partial charge in [-0.1, -0.05) is 6.07 Å². The van der Waals surface area contributed by atoms with Gasteiger partial charge < -0.3 is 25.2 Å². The van der Waals surface area contributed by atoms with Crippen LogP contribution in [0, 0.1) is 18.6 Å². The van der Waals surface area contributed by atoms with Crippen molar-refractivity contribution in [1.82, 2.24) is 20.0 Å². The van der Waals surface area contributed by atoms with Crippen molar-refractivity contribution in [3.8, 4) is 5.75 Å². The molecule has 0 saturated heterocycles. The molecule has 0 aliphatic rings. The minimum Gasteiger partial charge on any atom is -0.485 e. The van der Waals surface area contributed by atoms with E-state index in [0.29, 0.717) is 11.3 Å². The summed E-state index contributed by atoms with van der Waals surface area (Å²) in [5, 5.41) is 13.7. The molecule has 0 saturated carbocycles. The molecule has 1 unspecified atom stereocenters. The number of amides is 2. The molecular weight excluding hydrogens is 426 g/mol. The van der Waals surface area contributed by atoms with E-state index in [2.05, 4.69) is 15.6 Å². The van der Waals surface area contributed by atoms with Gasteiger partial charge in [-0.25, -0.2) is 18.6 Å². The summed E-state index contributed by atoms with van der Waals surface area (Å²) in [6.45, 7) is 1.31. The monoisotopic (exact) mass is 448 g/mol. The number of pyridine rings is 1. The summed E-state index contributed by atoms with van der Waals surface area (Å²) >= 11 is 0. The Balaban J connectivity index is 1.84. The topological polar surface area (TPSA) is 114 Å². The Hall–Kier alpha value is -3.73. The zero-order chi connectivity index (χ0) is 23.3. The first kappa shape index (κ1) is 22.9. The van der Waals surface area contributed by atoms with Gasteiger partial charge in [0.1, 0.15) is 23.9 Å². The summed E-state index contributed by atoms with van der Waals surface area (Å²) < 4.78 is 39.9. The normalized spacial score (nSPS) is 11.9. The van der Waals surface area contributed by atoms with Gasteiger partial charge in [-0.05, 0) is 31.2 Å². The average molecular weight is 448 g/mol. The first-order valence-corrected chi connectivity index (χ1v) is 9.61. The standard InChI is InChI=1S/C21H22F2N4O5/c1-12-18(20(28)26-13(10-31-2)9-24-21(29)30)27-8-4-7-17(19(27)25-12)32-11-14-15(22)5-3-6-16(14)23/h3-8,13,24H,9-11H2,1-2H3,(H,26,28)(H,29,30). The number of hydrogen-bond acceptors (Lipinski definition) is 5. The summed E-state index contributed by atoms with van der Waals surface area (Å²) in [6.07, 6.45) is 0.376. The molecule has 3 aromatic rings. The third kappa shape index (κ3) is 5.11. The Kier molecular flexibility index (Phi) is 7.21. The zero-order valence-corrected chi connectivity index (χ0v) is 17.4. The van der Waals surface area contributed by atoms with E-state index < -0.39 is 29.7 Å². The Bertz CT molecular complexity index is 1110. The van der Waals surface area contributed by atoms with Crippen LogP contribution in [0.5, 0.6) is 5.75 Å². The van der Waals surface area contributed by atoms with Gasteiger partial charge in [0, 0.05) is 19.9 Å². The second kappa shape index (κ2) is 10.1. The quantitative estimate of drug-likeness (QED) is 0.464. The number of imidazole rings is 1. The number of benzene rings is 1. The van der Waals surface area contributed by atoms with Crippen LogP contribution >= 0.6 is 0 Å². The molecular formula is C21H22F2N4O5. The molecule has 11 heteroatoms. The van der Waals surface area contributed by atoms with Gasteiger partial charge in [0.05, 0.1) is 23.9 Å². The van der Waals surface area contributed by atoms with E-state index in [-0.39, 0.29) is 36.8 Å². The van der Waals surface area contributed by atoms with Crippen LogP contribution in [0.4, 0.5) is 13.6 Å². The molecule has 3 rings (SSSR count). The Morgan fingerprint density at radius 2 is 1.94 bits per heavy atom. The van der Waals surface area contributed by atoms with E-state index in [1.807, 2.05) is 0 Å². The maximum Gasteiger partial charge on any atom is 0.404 e. The van der Waals surface area contributed by atoms with Crippen LogP contribution in [0.15, 0.2) is 36.5 Å². The third-order valence-electron chi connectivity index (χ3n) is 4.64. The van der Waals surface area contributed by atoms with E-state index in [1.54, 1.807) is 25.3 Å². The molecule has 0 radical (unpaired) electrons. The number of rotatable bonds is 9. The molecule has 0 fully saturated rings. The van der Waals surface area contributed by atoms with E-state index in [9.17, 15) is 18.4 Å². The lowest BCUT2D eigenvalue weighted by Crippen LogP contribution is -2.46. The second-order valence-corrected chi connectivity index (χ2v) is 6.91. The van der Waals surface area contributed by atoms with Gasteiger partial charge >= 0.3 is 6.09 Å². The zero-order valence-electron chi connectivity index (χ0n) is 17.4. The van der Waals surface area contributed by atoms with Gasteiger partial charge in [0.2, 0.25) is 0 Å². The molecule has 2 heterocycles. The highest BCUT2D eigenvalue weighted by molar-refractivity contribution is 5.95. The highest BCUT2D eigenvalue weighted by Gasteiger charge is 2.22. The number of fused-ring (bicyclic) bond motifs is 1. The number of aromatic nitrogens is 2. The molecule has 1 atom stereocenters. The van der Waals surface area contributed by atoms with Crippen LogP contribution in [-0.4, -0.2) is 52.8 Å². The summed E-state index contributed by atoms with van der Waals surface area (Å²) in [5.74, 6) is -1.72. The molecule has 32 heavy (non-hydrogen) atoms. The van der Waals surface area contributed by atoms with Crippen molar-refractivity contribution in [3.05, 3.63) is 65.1 Å². The molecule has 170 valence electrons.